The summed E-state index contributed by atoms with van der Waals surface area (Å²) in [5.41, 5.74) is 1.73. The maximum atomic E-state index is 10.0. The van der Waals surface area contributed by atoms with Crippen LogP contribution in [0.4, 0.5) is 0 Å². The van der Waals surface area contributed by atoms with E-state index in [4.69, 9.17) is 9.16 Å². The highest BCUT2D eigenvalue weighted by atomic mass is 79.9. The van der Waals surface area contributed by atoms with E-state index in [1.54, 1.807) is 0 Å². The lowest BCUT2D eigenvalue weighted by molar-refractivity contribution is -0.164. The lowest BCUT2D eigenvalue weighted by Crippen LogP contribution is -2.59. The maximum absolute atomic E-state index is 10.0. The summed E-state index contributed by atoms with van der Waals surface area (Å²) in [4.78, 5) is 0.396. The number of ether oxygens (including phenoxy) is 1. The number of aliphatic hydroxyl groups excluding tert-OH is 1. The van der Waals surface area contributed by atoms with Gasteiger partial charge in [-0.25, -0.2) is 0 Å². The van der Waals surface area contributed by atoms with Crippen LogP contribution in [0, 0.1) is 5.41 Å². The standard InChI is InChI=1S/C23H47BrO3Si/c1-11-23(12-2)21(26-19(10)18(9)25)13-20(24)14-22(23)27-28(15(3)4,16(5)6)17(7)8/h15-22,25H,11-14H2,1-10H3/t18-,19+,20+,21-,22-/m1/s1. The second kappa shape index (κ2) is 10.7. The summed E-state index contributed by atoms with van der Waals surface area (Å²) in [7, 11) is -1.98. The van der Waals surface area contributed by atoms with Crippen molar-refractivity contribution in [3.05, 3.63) is 0 Å². The van der Waals surface area contributed by atoms with Gasteiger partial charge in [-0.3, -0.25) is 0 Å². The molecule has 168 valence electrons. The molecule has 28 heavy (non-hydrogen) atoms. The van der Waals surface area contributed by atoms with Gasteiger partial charge in [0, 0.05) is 10.2 Å². The van der Waals surface area contributed by atoms with Gasteiger partial charge < -0.3 is 14.3 Å². The van der Waals surface area contributed by atoms with Crippen molar-refractivity contribution in [1.29, 1.82) is 0 Å². The van der Waals surface area contributed by atoms with Crippen molar-refractivity contribution >= 4 is 24.2 Å². The minimum Gasteiger partial charge on any atom is -0.412 e. The number of rotatable bonds is 10. The Morgan fingerprint density at radius 2 is 1.32 bits per heavy atom. The van der Waals surface area contributed by atoms with Crippen molar-refractivity contribution in [2.45, 2.75) is 141 Å². The van der Waals surface area contributed by atoms with Crippen molar-refractivity contribution in [2.75, 3.05) is 0 Å². The zero-order valence-corrected chi connectivity index (χ0v) is 22.7. The molecule has 0 aromatic heterocycles. The summed E-state index contributed by atoms with van der Waals surface area (Å²) in [5, 5.41) is 10.0. The normalized spacial score (nSPS) is 28.2. The third-order valence-corrected chi connectivity index (χ3v) is 14.5. The first-order chi connectivity index (χ1) is 12.9. The molecule has 0 saturated heterocycles. The van der Waals surface area contributed by atoms with Gasteiger partial charge >= 0.3 is 0 Å². The van der Waals surface area contributed by atoms with Crippen LogP contribution in [-0.2, 0) is 9.16 Å². The highest BCUT2D eigenvalue weighted by molar-refractivity contribution is 9.09. The average Bonchev–Trinajstić information content (AvgIpc) is 2.58. The fraction of sp³-hybridized carbons (Fsp3) is 1.00. The molecule has 0 unspecified atom stereocenters. The largest absolute Gasteiger partial charge is 0.412 e. The van der Waals surface area contributed by atoms with E-state index in [1.807, 2.05) is 13.8 Å². The quantitative estimate of drug-likeness (QED) is 0.269. The number of hydrogen-bond donors (Lipinski definition) is 1. The predicted molar refractivity (Wildman–Crippen MR) is 127 cm³/mol. The van der Waals surface area contributed by atoms with Crippen LogP contribution in [0.5, 0.6) is 0 Å². The first-order valence-corrected chi connectivity index (χ1v) is 14.6. The molecule has 5 heteroatoms. The second-order valence-corrected chi connectivity index (χ2v) is 16.7. The Morgan fingerprint density at radius 1 is 0.893 bits per heavy atom. The molecule has 0 aliphatic heterocycles. The smallest absolute Gasteiger partial charge is 0.200 e. The van der Waals surface area contributed by atoms with Gasteiger partial charge in [-0.05, 0) is 56.2 Å². The van der Waals surface area contributed by atoms with Gasteiger partial charge in [0.15, 0.2) is 0 Å². The zero-order chi connectivity index (χ0) is 21.9. The molecule has 0 aromatic carbocycles. The Kier molecular flexibility index (Phi) is 10.2. The van der Waals surface area contributed by atoms with E-state index in [0.717, 1.165) is 25.7 Å². The molecule has 0 bridgehead atoms. The molecule has 0 radical (unpaired) electrons. The van der Waals surface area contributed by atoms with E-state index in [-0.39, 0.29) is 23.7 Å². The Balaban J connectivity index is 3.36. The van der Waals surface area contributed by atoms with E-state index >= 15 is 0 Å². The topological polar surface area (TPSA) is 38.7 Å². The first kappa shape index (κ1) is 26.6. The highest BCUT2D eigenvalue weighted by Gasteiger charge is 2.55. The maximum Gasteiger partial charge on any atom is 0.200 e. The van der Waals surface area contributed by atoms with Crippen molar-refractivity contribution in [2.24, 2.45) is 5.41 Å². The van der Waals surface area contributed by atoms with Gasteiger partial charge in [-0.2, -0.15) is 0 Å². The van der Waals surface area contributed by atoms with Crippen LogP contribution < -0.4 is 0 Å². The Hall–Kier alpha value is 0.577. The molecule has 0 spiro atoms. The van der Waals surface area contributed by atoms with Gasteiger partial charge in [0.25, 0.3) is 0 Å². The van der Waals surface area contributed by atoms with Crippen LogP contribution in [0.25, 0.3) is 0 Å². The molecule has 0 aromatic rings. The molecule has 1 N–H and O–H groups in total. The van der Waals surface area contributed by atoms with Crippen LogP contribution in [0.3, 0.4) is 0 Å². The van der Waals surface area contributed by atoms with Crippen LogP contribution in [-0.4, -0.2) is 42.7 Å². The van der Waals surface area contributed by atoms with E-state index in [0.29, 0.717) is 21.5 Å². The summed E-state index contributed by atoms with van der Waals surface area (Å²) in [5.74, 6) is 0. The summed E-state index contributed by atoms with van der Waals surface area (Å²) in [6.45, 7) is 22.6. The number of alkyl halides is 1. The molecule has 5 atom stereocenters. The Morgan fingerprint density at radius 3 is 1.68 bits per heavy atom. The lowest BCUT2D eigenvalue weighted by Gasteiger charge is -2.55. The van der Waals surface area contributed by atoms with Crippen LogP contribution >= 0.6 is 15.9 Å². The monoisotopic (exact) mass is 478 g/mol. The van der Waals surface area contributed by atoms with E-state index < -0.39 is 14.4 Å². The molecular weight excluding hydrogens is 432 g/mol. The molecular formula is C23H47BrO3Si. The van der Waals surface area contributed by atoms with E-state index in [1.165, 1.54) is 0 Å². The second-order valence-electron chi connectivity index (χ2n) is 10.0. The van der Waals surface area contributed by atoms with E-state index in [2.05, 4.69) is 71.3 Å². The third-order valence-electron chi connectivity index (χ3n) is 7.65. The molecule has 0 heterocycles. The zero-order valence-electron chi connectivity index (χ0n) is 20.1. The van der Waals surface area contributed by atoms with Gasteiger partial charge in [0.05, 0.1) is 24.4 Å². The van der Waals surface area contributed by atoms with Gasteiger partial charge in [-0.15, -0.1) is 0 Å². The molecule has 1 aliphatic carbocycles. The SMILES string of the molecule is CCC1(CC)[C@H](O[C@@H](C)[C@@H](C)O)C[C@H](Br)C[C@H]1O[Si](C(C)C)(C(C)C)C(C)C. The molecule has 1 aliphatic rings. The number of halogens is 1. The van der Waals surface area contributed by atoms with Crippen LogP contribution in [0.1, 0.15) is 94.9 Å². The third kappa shape index (κ3) is 5.24. The molecule has 1 fully saturated rings. The molecule has 0 amide bonds. The average molecular weight is 480 g/mol. The minimum atomic E-state index is -1.98. The first-order valence-electron chi connectivity index (χ1n) is 11.5. The van der Waals surface area contributed by atoms with Gasteiger partial charge in [0.1, 0.15) is 0 Å². The van der Waals surface area contributed by atoms with E-state index in [9.17, 15) is 5.11 Å². The summed E-state index contributed by atoms with van der Waals surface area (Å²) < 4.78 is 13.9. The number of hydrogen-bond acceptors (Lipinski definition) is 3. The van der Waals surface area contributed by atoms with Crippen LogP contribution in [0.2, 0.25) is 16.6 Å². The van der Waals surface area contributed by atoms with Crippen molar-refractivity contribution in [3.8, 4) is 0 Å². The Bertz CT molecular complexity index is 441. The summed E-state index contributed by atoms with van der Waals surface area (Å²) >= 11 is 3.92. The van der Waals surface area contributed by atoms with Crippen molar-refractivity contribution in [3.63, 3.8) is 0 Å². The molecule has 3 nitrogen and oxygen atoms in total. The highest BCUT2D eigenvalue weighted by Crippen LogP contribution is 2.52. The van der Waals surface area contributed by atoms with Crippen molar-refractivity contribution < 1.29 is 14.3 Å². The summed E-state index contributed by atoms with van der Waals surface area (Å²) in [6.07, 6.45) is 3.80. The fourth-order valence-corrected chi connectivity index (χ4v) is 12.1. The number of aliphatic hydroxyl groups is 1. The summed E-state index contributed by atoms with van der Waals surface area (Å²) in [6, 6.07) is 0. The fourth-order valence-electron chi connectivity index (χ4n) is 5.78. The lowest BCUT2D eigenvalue weighted by atomic mass is 9.66. The van der Waals surface area contributed by atoms with Gasteiger partial charge in [-0.1, -0.05) is 71.3 Å². The minimum absolute atomic E-state index is 0.00431. The van der Waals surface area contributed by atoms with Gasteiger partial charge in [0.2, 0.25) is 8.32 Å². The molecule has 1 saturated carbocycles. The Labute approximate surface area is 184 Å². The van der Waals surface area contributed by atoms with Crippen molar-refractivity contribution in [1.82, 2.24) is 0 Å². The molecule has 1 rings (SSSR count). The predicted octanol–water partition coefficient (Wildman–Crippen LogP) is 7.07. The van der Waals surface area contributed by atoms with Crippen LogP contribution in [0.15, 0.2) is 0 Å².